The second-order valence-electron chi connectivity index (χ2n) is 0.283. The van der Waals surface area contributed by atoms with Gasteiger partial charge in [0.25, 0.3) is 0 Å². The maximum atomic E-state index is 8.56. The molecule has 0 saturated heterocycles. The molecule has 0 saturated carbocycles. The molecule has 0 unspecified atom stereocenters. The molecule has 8 heavy (non-hydrogen) atoms. The Hall–Kier alpha value is 2.26. The van der Waals surface area contributed by atoms with Crippen LogP contribution in [0.3, 0.4) is 0 Å². The van der Waals surface area contributed by atoms with E-state index >= 15 is 0 Å². The van der Waals surface area contributed by atoms with Crippen LogP contribution in [0.4, 0.5) is 4.79 Å². The third-order valence-corrected chi connectivity index (χ3v) is 0. The number of hydrogen-bond acceptors (Lipinski definition) is 2. The van der Waals surface area contributed by atoms with Crippen molar-refractivity contribution in [2.75, 3.05) is 0 Å². The van der Waals surface area contributed by atoms with Gasteiger partial charge in [0.1, 0.15) is 0 Å². The summed E-state index contributed by atoms with van der Waals surface area (Å²) < 4.78 is 7.81. The molecule has 0 aliphatic heterocycles. The molecule has 0 aromatic carbocycles. The van der Waals surface area contributed by atoms with Gasteiger partial charge in [-0.3, -0.25) is 0 Å². The van der Waals surface area contributed by atoms with Crippen molar-refractivity contribution in [3.8, 4) is 0 Å². The van der Waals surface area contributed by atoms with Crippen LogP contribution in [0.2, 0.25) is 0 Å². The van der Waals surface area contributed by atoms with E-state index in [0.717, 1.165) is 0 Å². The third kappa shape index (κ3) is 85.0. The molecule has 0 aliphatic carbocycles. The van der Waals surface area contributed by atoms with Gasteiger partial charge in [0.2, 0.25) is 0 Å². The Morgan fingerprint density at radius 3 is 1.38 bits per heavy atom. The molecular weight excluding hydrogens is 366 g/mol. The van der Waals surface area contributed by atoms with Crippen molar-refractivity contribution < 1.29 is 70.3 Å². The normalized spacial score (nSPS) is 3.75. The van der Waals surface area contributed by atoms with E-state index < -0.39 is 6.16 Å². The van der Waals surface area contributed by atoms with E-state index in [0.29, 0.717) is 0 Å². The summed E-state index contributed by atoms with van der Waals surface area (Å²) in [5.41, 5.74) is 0. The van der Waals surface area contributed by atoms with Gasteiger partial charge in [0.15, 0.2) is 0 Å². The molecule has 0 fully saturated rings. The van der Waals surface area contributed by atoms with Crippen LogP contribution >= 0.6 is 0 Å². The molecule has 48 valence electrons. The quantitative estimate of drug-likeness (QED) is 0.587. The van der Waals surface area contributed by atoms with Crippen LogP contribution in [0.15, 0.2) is 0 Å². The molecule has 7 heteroatoms. The standard InChI is InChI=1S/CH2O3.Ba.Cu.O.Y.2H/c2-1(3)4;;;;;;/h(H2,2,3,4);;;;;;/q;+2;;;;2*-1. The summed E-state index contributed by atoms with van der Waals surface area (Å²) in [7, 11) is 0. The first kappa shape index (κ1) is 22.4. The van der Waals surface area contributed by atoms with E-state index in [4.69, 9.17) is 18.8 Å². The van der Waals surface area contributed by atoms with Gasteiger partial charge in [0, 0.05) is 32.7 Å². The van der Waals surface area contributed by atoms with Crippen LogP contribution in [0.5, 0.6) is 0 Å². The summed E-state index contributed by atoms with van der Waals surface area (Å²) in [5, 5.41) is 13.9. The van der Waals surface area contributed by atoms with E-state index in [-0.39, 0.29) is 84.4 Å². The number of rotatable bonds is 0. The van der Waals surface area contributed by atoms with Crippen molar-refractivity contribution in [3.05, 3.63) is 0 Å². The summed E-state index contributed by atoms with van der Waals surface area (Å²) in [6.07, 6.45) is -1.83. The molecule has 0 bridgehead atoms. The van der Waals surface area contributed by atoms with Gasteiger partial charge in [0.05, 0.1) is 0 Å². The summed E-state index contributed by atoms with van der Waals surface area (Å²) in [4.78, 5) is 8.56. The van der Waals surface area contributed by atoms with E-state index in [1.165, 1.54) is 0 Å². The SMILES string of the molecule is O=C(O)O.[Ba+2].[H-].[H-].[O]=[Cu].[Y]. The molecular formula is CH4BaCuO4Y. The Morgan fingerprint density at radius 2 is 1.38 bits per heavy atom. The van der Waals surface area contributed by atoms with Gasteiger partial charge < -0.3 is 13.1 Å². The second-order valence-corrected chi connectivity index (χ2v) is 0.283. The molecule has 0 spiro atoms. The molecule has 0 heterocycles. The fourth-order valence-electron chi connectivity index (χ4n) is 0. The van der Waals surface area contributed by atoms with Crippen molar-refractivity contribution in [2.45, 2.75) is 0 Å². The number of carbonyl (C=O) groups is 1. The molecule has 4 nitrogen and oxygen atoms in total. The van der Waals surface area contributed by atoms with Crippen LogP contribution in [0, 0.1) is 0 Å². The maximum Gasteiger partial charge on any atom is 0 e. The predicted molar refractivity (Wildman–Crippen MR) is 19.3 cm³/mol. The van der Waals surface area contributed by atoms with Crippen LogP contribution in [0.1, 0.15) is 2.85 Å². The Kier molecular flexibility index (Phi) is 64.1. The van der Waals surface area contributed by atoms with Gasteiger partial charge in [-0.05, 0) is 0 Å². The minimum absolute atomic E-state index is 0. The van der Waals surface area contributed by atoms with E-state index in [1.54, 1.807) is 0 Å². The van der Waals surface area contributed by atoms with Gasteiger partial charge in [-0.1, -0.05) is 0 Å². The predicted octanol–water partition coefficient (Wildman–Crippen LogP) is -0.0572. The fourth-order valence-corrected chi connectivity index (χ4v) is 0. The molecule has 0 atom stereocenters. The monoisotopic (exact) mass is 370 g/mol. The molecule has 0 aliphatic rings. The zero-order valence-electron chi connectivity index (χ0n) is 5.80. The van der Waals surface area contributed by atoms with Crippen LogP contribution in [-0.2, 0) is 52.5 Å². The first-order chi connectivity index (χ1) is 2.73. The molecule has 2 N–H and O–H groups in total. The average molecular weight is 370 g/mol. The Balaban J connectivity index is -0.00000000625. The zero-order valence-corrected chi connectivity index (χ0v) is 12.0. The zero-order chi connectivity index (χ0) is 5.58. The molecule has 1 radical (unpaired) electrons. The summed E-state index contributed by atoms with van der Waals surface area (Å²) in [5.74, 6) is 0. The van der Waals surface area contributed by atoms with Gasteiger partial charge in [-0.25, -0.2) is 4.79 Å². The van der Waals surface area contributed by atoms with Crippen molar-refractivity contribution in [1.82, 2.24) is 0 Å². The van der Waals surface area contributed by atoms with Gasteiger partial charge >= 0.3 is 74.8 Å². The van der Waals surface area contributed by atoms with E-state index in [9.17, 15) is 0 Å². The summed E-state index contributed by atoms with van der Waals surface area (Å²) >= 11 is 2.94. The Bertz CT molecular complexity index is 54.5. The van der Waals surface area contributed by atoms with Gasteiger partial charge in [-0.2, -0.15) is 0 Å². The fraction of sp³-hybridized carbons (Fsp3) is 0. The first-order valence-electron chi connectivity index (χ1n) is 0.774. The summed E-state index contributed by atoms with van der Waals surface area (Å²) in [6.45, 7) is 0. The van der Waals surface area contributed by atoms with E-state index in [2.05, 4.69) is 15.9 Å². The largest absolute Gasteiger partial charge is 0 e. The average Bonchev–Trinajstić information content (AvgIpc) is 1.41. The molecule has 0 aromatic rings. The summed E-state index contributed by atoms with van der Waals surface area (Å²) in [6, 6.07) is 0. The van der Waals surface area contributed by atoms with Gasteiger partial charge in [-0.15, -0.1) is 0 Å². The number of hydrogen-bond donors (Lipinski definition) is 2. The van der Waals surface area contributed by atoms with Crippen molar-refractivity contribution >= 4 is 55.0 Å². The topological polar surface area (TPSA) is 74.6 Å². The molecule has 0 amide bonds. The Labute approximate surface area is 123 Å². The maximum absolute atomic E-state index is 8.56. The van der Waals surface area contributed by atoms with E-state index in [1.807, 2.05) is 0 Å². The molecule has 0 aromatic heterocycles. The second kappa shape index (κ2) is 22.8. The minimum Gasteiger partial charge on any atom is 0 e. The third-order valence-electron chi connectivity index (χ3n) is 0. The van der Waals surface area contributed by atoms with Crippen LogP contribution in [-0.4, -0.2) is 65.2 Å². The molecule has 0 rings (SSSR count). The van der Waals surface area contributed by atoms with Crippen molar-refractivity contribution in [3.63, 3.8) is 0 Å². The Morgan fingerprint density at radius 1 is 1.38 bits per heavy atom. The van der Waals surface area contributed by atoms with Crippen LogP contribution < -0.4 is 0 Å². The van der Waals surface area contributed by atoms with Crippen LogP contribution in [0.25, 0.3) is 0 Å². The minimum atomic E-state index is -1.83. The smallest absolute Gasteiger partial charge is 0 e. The first-order valence-corrected chi connectivity index (χ1v) is 1.16. The van der Waals surface area contributed by atoms with Crippen molar-refractivity contribution in [1.29, 1.82) is 0 Å². The number of carboxylic acid groups (broad SMARTS) is 2. The van der Waals surface area contributed by atoms with Crippen molar-refractivity contribution in [2.24, 2.45) is 0 Å².